The second-order valence-electron chi connectivity index (χ2n) is 6.59. The molecule has 4 nitrogen and oxygen atoms in total. The Morgan fingerprint density at radius 3 is 1.96 bits per heavy atom. The largest absolute Gasteiger partial charge is 0.497 e. The second kappa shape index (κ2) is 7.61. The maximum atomic E-state index is 13.1. The summed E-state index contributed by atoms with van der Waals surface area (Å²) in [6, 6.07) is 23.4. The Morgan fingerprint density at radius 2 is 1.36 bits per heavy atom. The fourth-order valence-corrected chi connectivity index (χ4v) is 3.38. The number of methoxy groups -OCH3 is 2. The van der Waals surface area contributed by atoms with E-state index in [1.165, 1.54) is 0 Å². The van der Waals surface area contributed by atoms with Crippen LogP contribution in [0.3, 0.4) is 0 Å². The first kappa shape index (κ1) is 17.9. The van der Waals surface area contributed by atoms with E-state index in [1.54, 1.807) is 14.2 Å². The number of fused-ring (bicyclic) bond motifs is 1. The normalized spacial score (nSPS) is 14.3. The van der Waals surface area contributed by atoms with E-state index in [0.29, 0.717) is 6.54 Å². The van der Waals surface area contributed by atoms with Crippen molar-refractivity contribution in [3.63, 3.8) is 0 Å². The van der Waals surface area contributed by atoms with Crippen LogP contribution in [0.1, 0.15) is 27.0 Å². The Bertz CT molecular complexity index is 1020. The molecule has 1 aliphatic rings. The molecule has 0 spiro atoms. The zero-order valence-corrected chi connectivity index (χ0v) is 15.9. The molecule has 1 heterocycles. The Labute approximate surface area is 164 Å². The quantitative estimate of drug-likeness (QED) is 0.643. The molecule has 0 bridgehead atoms. The van der Waals surface area contributed by atoms with Gasteiger partial charge >= 0.3 is 0 Å². The van der Waals surface area contributed by atoms with Gasteiger partial charge in [0.05, 0.1) is 26.5 Å². The minimum absolute atomic E-state index is 0.0196. The summed E-state index contributed by atoms with van der Waals surface area (Å²) in [7, 11) is 3.29. The highest BCUT2D eigenvalue weighted by molar-refractivity contribution is 6.11. The van der Waals surface area contributed by atoms with Gasteiger partial charge in [0, 0.05) is 11.1 Å². The van der Waals surface area contributed by atoms with E-state index in [-0.39, 0.29) is 5.91 Å². The molecule has 0 saturated heterocycles. The molecule has 140 valence electrons. The number of rotatable bonds is 5. The van der Waals surface area contributed by atoms with Crippen molar-refractivity contribution in [2.75, 3.05) is 14.2 Å². The number of nitrogens with zero attached hydrogens (tertiary/aromatic N) is 1. The van der Waals surface area contributed by atoms with Crippen LogP contribution >= 0.6 is 0 Å². The van der Waals surface area contributed by atoms with E-state index < -0.39 is 0 Å². The van der Waals surface area contributed by atoms with Gasteiger partial charge in [0.15, 0.2) is 0 Å². The van der Waals surface area contributed by atoms with Crippen LogP contribution in [-0.2, 0) is 6.54 Å². The number of amides is 1. The molecule has 3 aromatic rings. The monoisotopic (exact) mass is 371 g/mol. The molecule has 0 N–H and O–H groups in total. The number of hydrogen-bond acceptors (Lipinski definition) is 3. The highest BCUT2D eigenvalue weighted by atomic mass is 16.5. The van der Waals surface area contributed by atoms with Gasteiger partial charge in [0.1, 0.15) is 11.5 Å². The standard InChI is InChI=1S/C24H21NO3/c1-27-19-11-7-17(8-12-19)15-23-21-5-3-4-6-22(21)24(26)25(23)16-18-9-13-20(28-2)14-10-18/h3-15H,16H2,1-2H3/b23-15+. The van der Waals surface area contributed by atoms with E-state index in [2.05, 4.69) is 0 Å². The summed E-state index contributed by atoms with van der Waals surface area (Å²) >= 11 is 0. The van der Waals surface area contributed by atoms with Crippen LogP contribution in [0.2, 0.25) is 0 Å². The zero-order chi connectivity index (χ0) is 19.5. The fourth-order valence-electron chi connectivity index (χ4n) is 3.38. The van der Waals surface area contributed by atoms with Crippen LogP contribution < -0.4 is 9.47 Å². The molecule has 1 aliphatic heterocycles. The van der Waals surface area contributed by atoms with Gasteiger partial charge in [0.2, 0.25) is 0 Å². The third kappa shape index (κ3) is 3.37. The number of carbonyl (C=O) groups excluding carboxylic acids is 1. The molecule has 4 rings (SSSR count). The molecule has 3 aromatic carbocycles. The van der Waals surface area contributed by atoms with Gasteiger partial charge < -0.3 is 14.4 Å². The van der Waals surface area contributed by atoms with Crippen LogP contribution in [0.5, 0.6) is 11.5 Å². The van der Waals surface area contributed by atoms with Gasteiger partial charge in [-0.15, -0.1) is 0 Å². The molecule has 0 aromatic heterocycles. The summed E-state index contributed by atoms with van der Waals surface area (Å²) in [4.78, 5) is 14.9. The minimum atomic E-state index is 0.0196. The fraction of sp³-hybridized carbons (Fsp3) is 0.125. The van der Waals surface area contributed by atoms with Crippen molar-refractivity contribution in [3.8, 4) is 11.5 Å². The summed E-state index contributed by atoms with van der Waals surface area (Å²) in [6.07, 6.45) is 2.05. The predicted octanol–water partition coefficient (Wildman–Crippen LogP) is 4.86. The maximum Gasteiger partial charge on any atom is 0.259 e. The summed E-state index contributed by atoms with van der Waals surface area (Å²) < 4.78 is 10.5. The molecular weight excluding hydrogens is 350 g/mol. The molecule has 1 amide bonds. The lowest BCUT2D eigenvalue weighted by atomic mass is 10.1. The predicted molar refractivity (Wildman–Crippen MR) is 110 cm³/mol. The van der Waals surface area contributed by atoms with Gasteiger partial charge in [-0.3, -0.25) is 4.79 Å². The molecule has 4 heteroatoms. The highest BCUT2D eigenvalue weighted by Gasteiger charge is 2.31. The highest BCUT2D eigenvalue weighted by Crippen LogP contribution is 2.35. The lowest BCUT2D eigenvalue weighted by Gasteiger charge is -2.19. The molecule has 0 atom stereocenters. The maximum absolute atomic E-state index is 13.1. The summed E-state index contributed by atoms with van der Waals surface area (Å²) in [5.41, 5.74) is 4.65. The van der Waals surface area contributed by atoms with Crippen LogP contribution in [0.15, 0.2) is 72.8 Å². The Hall–Kier alpha value is -3.53. The lowest BCUT2D eigenvalue weighted by molar-refractivity contribution is 0.0843. The van der Waals surface area contributed by atoms with Gasteiger partial charge in [-0.05, 0) is 47.5 Å². The van der Waals surface area contributed by atoms with Crippen molar-refractivity contribution in [2.24, 2.45) is 0 Å². The van der Waals surface area contributed by atoms with Gasteiger partial charge in [0.25, 0.3) is 5.91 Å². The Balaban J connectivity index is 1.72. The average Bonchev–Trinajstić information content (AvgIpc) is 3.01. The van der Waals surface area contributed by atoms with Crippen molar-refractivity contribution in [1.82, 2.24) is 4.90 Å². The van der Waals surface area contributed by atoms with E-state index in [1.807, 2.05) is 83.8 Å². The molecular formula is C24H21NO3. The van der Waals surface area contributed by atoms with E-state index >= 15 is 0 Å². The molecule has 0 radical (unpaired) electrons. The number of hydrogen-bond donors (Lipinski definition) is 0. The summed E-state index contributed by atoms with van der Waals surface area (Å²) in [6.45, 7) is 0.499. The van der Waals surface area contributed by atoms with Crippen LogP contribution in [-0.4, -0.2) is 25.0 Å². The first-order chi connectivity index (χ1) is 13.7. The first-order valence-electron chi connectivity index (χ1n) is 9.09. The summed E-state index contributed by atoms with van der Waals surface area (Å²) in [5, 5.41) is 0. The van der Waals surface area contributed by atoms with E-state index in [0.717, 1.165) is 39.4 Å². The van der Waals surface area contributed by atoms with Gasteiger partial charge in [-0.25, -0.2) is 0 Å². The Morgan fingerprint density at radius 1 is 0.786 bits per heavy atom. The van der Waals surface area contributed by atoms with Crippen molar-refractivity contribution in [3.05, 3.63) is 95.1 Å². The smallest absolute Gasteiger partial charge is 0.259 e. The third-order valence-electron chi connectivity index (χ3n) is 4.89. The van der Waals surface area contributed by atoms with Crippen LogP contribution in [0, 0.1) is 0 Å². The number of carbonyl (C=O) groups is 1. The lowest BCUT2D eigenvalue weighted by Crippen LogP contribution is -2.22. The minimum Gasteiger partial charge on any atom is -0.497 e. The summed E-state index contributed by atoms with van der Waals surface area (Å²) in [5.74, 6) is 1.63. The Kier molecular flexibility index (Phi) is 4.85. The van der Waals surface area contributed by atoms with E-state index in [9.17, 15) is 4.79 Å². The number of ether oxygens (including phenoxy) is 2. The molecule has 0 saturated carbocycles. The van der Waals surface area contributed by atoms with Crippen LogP contribution in [0.4, 0.5) is 0 Å². The van der Waals surface area contributed by atoms with Crippen molar-refractivity contribution in [2.45, 2.75) is 6.54 Å². The first-order valence-corrected chi connectivity index (χ1v) is 9.09. The molecule has 28 heavy (non-hydrogen) atoms. The zero-order valence-electron chi connectivity index (χ0n) is 15.9. The topological polar surface area (TPSA) is 38.8 Å². The third-order valence-corrected chi connectivity index (χ3v) is 4.89. The SMILES string of the molecule is COc1ccc(/C=C2\c3ccccc3C(=O)N2Cc2ccc(OC)cc2)cc1. The second-order valence-corrected chi connectivity index (χ2v) is 6.59. The van der Waals surface area contributed by atoms with Gasteiger partial charge in [-0.2, -0.15) is 0 Å². The van der Waals surface area contributed by atoms with Crippen molar-refractivity contribution >= 4 is 17.7 Å². The van der Waals surface area contributed by atoms with Crippen molar-refractivity contribution < 1.29 is 14.3 Å². The van der Waals surface area contributed by atoms with E-state index in [4.69, 9.17) is 9.47 Å². The van der Waals surface area contributed by atoms with Crippen molar-refractivity contribution in [1.29, 1.82) is 0 Å². The van der Waals surface area contributed by atoms with Crippen LogP contribution in [0.25, 0.3) is 11.8 Å². The molecule has 0 aliphatic carbocycles. The molecule has 0 fully saturated rings. The average molecular weight is 371 g/mol. The molecule has 0 unspecified atom stereocenters. The van der Waals surface area contributed by atoms with Gasteiger partial charge in [-0.1, -0.05) is 42.5 Å². The number of benzene rings is 3.